The fourth-order valence-corrected chi connectivity index (χ4v) is 3.09. The Hall–Kier alpha value is -3.67. The second-order valence-electron chi connectivity index (χ2n) is 5.93. The standard InChI is InChI=1S/C21H17N3O3/c1-26-18-7-3-6-15(20(18)27-2)19(25)17-12-24-21-16(17)9-14(11-23-21)13-5-4-8-22-10-13/h3-12H,1-2H3,(H,23,24). The highest BCUT2D eigenvalue weighted by Gasteiger charge is 2.21. The number of methoxy groups -OCH3 is 2. The first-order valence-corrected chi connectivity index (χ1v) is 8.36. The van der Waals surface area contributed by atoms with Crippen LogP contribution >= 0.6 is 0 Å². The van der Waals surface area contributed by atoms with Gasteiger partial charge in [0, 0.05) is 46.9 Å². The van der Waals surface area contributed by atoms with E-state index in [1.807, 2.05) is 18.2 Å². The number of carbonyl (C=O) groups is 1. The summed E-state index contributed by atoms with van der Waals surface area (Å²) >= 11 is 0. The molecule has 0 spiro atoms. The molecule has 0 atom stereocenters. The zero-order valence-corrected chi connectivity index (χ0v) is 14.9. The minimum absolute atomic E-state index is 0.165. The zero-order chi connectivity index (χ0) is 18.8. The second-order valence-corrected chi connectivity index (χ2v) is 5.93. The number of hydrogen-bond acceptors (Lipinski definition) is 5. The number of rotatable bonds is 5. The topological polar surface area (TPSA) is 77.1 Å². The molecule has 0 amide bonds. The highest BCUT2D eigenvalue weighted by molar-refractivity contribution is 6.17. The highest BCUT2D eigenvalue weighted by Crippen LogP contribution is 2.34. The van der Waals surface area contributed by atoms with Crippen LogP contribution in [0.4, 0.5) is 0 Å². The van der Waals surface area contributed by atoms with Crippen LogP contribution in [0.2, 0.25) is 0 Å². The molecule has 0 bridgehead atoms. The van der Waals surface area contributed by atoms with E-state index in [9.17, 15) is 4.79 Å². The molecule has 6 heteroatoms. The first kappa shape index (κ1) is 16.8. The lowest BCUT2D eigenvalue weighted by Gasteiger charge is -2.11. The molecule has 1 aromatic carbocycles. The maximum absolute atomic E-state index is 13.2. The van der Waals surface area contributed by atoms with Crippen LogP contribution in [0.5, 0.6) is 11.5 Å². The predicted molar refractivity (Wildman–Crippen MR) is 102 cm³/mol. The first-order valence-electron chi connectivity index (χ1n) is 8.36. The molecule has 0 unspecified atom stereocenters. The minimum Gasteiger partial charge on any atom is -0.493 e. The van der Waals surface area contributed by atoms with Crippen molar-refractivity contribution in [2.75, 3.05) is 14.2 Å². The van der Waals surface area contributed by atoms with Gasteiger partial charge in [0.15, 0.2) is 17.3 Å². The van der Waals surface area contributed by atoms with Gasteiger partial charge in [-0.2, -0.15) is 0 Å². The van der Waals surface area contributed by atoms with E-state index in [1.54, 1.807) is 50.1 Å². The molecule has 0 aliphatic carbocycles. The quantitative estimate of drug-likeness (QED) is 0.547. The van der Waals surface area contributed by atoms with Crippen molar-refractivity contribution in [1.82, 2.24) is 15.0 Å². The number of H-pyrrole nitrogens is 1. The summed E-state index contributed by atoms with van der Waals surface area (Å²) in [6.45, 7) is 0. The molecule has 0 aliphatic rings. The van der Waals surface area contributed by atoms with Gasteiger partial charge in [-0.05, 0) is 24.3 Å². The average Bonchev–Trinajstić information content (AvgIpc) is 3.16. The van der Waals surface area contributed by atoms with Gasteiger partial charge in [-0.3, -0.25) is 9.78 Å². The Morgan fingerprint density at radius 1 is 1.00 bits per heavy atom. The molecule has 0 saturated heterocycles. The van der Waals surface area contributed by atoms with Crippen molar-refractivity contribution in [2.24, 2.45) is 0 Å². The maximum atomic E-state index is 13.2. The number of hydrogen-bond donors (Lipinski definition) is 1. The number of aromatic amines is 1. The Morgan fingerprint density at radius 2 is 1.89 bits per heavy atom. The Morgan fingerprint density at radius 3 is 2.63 bits per heavy atom. The molecule has 0 saturated carbocycles. The number of nitrogens with zero attached hydrogens (tertiary/aromatic N) is 2. The van der Waals surface area contributed by atoms with Gasteiger partial charge in [0.25, 0.3) is 0 Å². The van der Waals surface area contributed by atoms with Gasteiger partial charge in [-0.25, -0.2) is 4.98 Å². The number of aromatic nitrogens is 3. The molecule has 0 fully saturated rings. The third-order valence-corrected chi connectivity index (χ3v) is 4.42. The molecule has 0 radical (unpaired) electrons. The molecule has 4 rings (SSSR count). The lowest BCUT2D eigenvalue weighted by atomic mass is 10.0. The molecule has 3 heterocycles. The van der Waals surface area contributed by atoms with Crippen LogP contribution in [-0.4, -0.2) is 35.0 Å². The summed E-state index contributed by atoms with van der Waals surface area (Å²) in [7, 11) is 3.06. The van der Waals surface area contributed by atoms with E-state index in [2.05, 4.69) is 15.0 Å². The van der Waals surface area contributed by atoms with Crippen molar-refractivity contribution < 1.29 is 14.3 Å². The van der Waals surface area contributed by atoms with Crippen molar-refractivity contribution >= 4 is 16.8 Å². The lowest BCUT2D eigenvalue weighted by molar-refractivity contribution is 0.103. The number of ketones is 1. The molecule has 4 aromatic rings. The monoisotopic (exact) mass is 359 g/mol. The maximum Gasteiger partial charge on any atom is 0.199 e. The van der Waals surface area contributed by atoms with Crippen LogP contribution in [0.15, 0.2) is 61.2 Å². The van der Waals surface area contributed by atoms with E-state index in [1.165, 1.54) is 7.11 Å². The summed E-state index contributed by atoms with van der Waals surface area (Å²) < 4.78 is 10.7. The molecule has 134 valence electrons. The summed E-state index contributed by atoms with van der Waals surface area (Å²) in [6.07, 6.45) is 6.92. The van der Waals surface area contributed by atoms with Gasteiger partial charge in [-0.1, -0.05) is 12.1 Å². The fraction of sp³-hybridized carbons (Fsp3) is 0.0952. The normalized spacial score (nSPS) is 10.7. The third-order valence-electron chi connectivity index (χ3n) is 4.42. The van der Waals surface area contributed by atoms with Crippen LogP contribution < -0.4 is 9.47 Å². The number of benzene rings is 1. The van der Waals surface area contributed by atoms with E-state index >= 15 is 0 Å². The van der Waals surface area contributed by atoms with Crippen molar-refractivity contribution in [3.05, 3.63) is 72.3 Å². The number of para-hydroxylation sites is 1. The van der Waals surface area contributed by atoms with Crippen molar-refractivity contribution in [2.45, 2.75) is 0 Å². The molecule has 3 aromatic heterocycles. The van der Waals surface area contributed by atoms with Gasteiger partial charge in [0.1, 0.15) is 5.65 Å². The zero-order valence-electron chi connectivity index (χ0n) is 14.9. The SMILES string of the molecule is COc1cccc(C(=O)c2c[nH]c3ncc(-c4cccnc4)cc23)c1OC. The van der Waals surface area contributed by atoms with Gasteiger partial charge in [-0.15, -0.1) is 0 Å². The highest BCUT2D eigenvalue weighted by atomic mass is 16.5. The molecule has 6 nitrogen and oxygen atoms in total. The van der Waals surface area contributed by atoms with Crippen LogP contribution in [0.1, 0.15) is 15.9 Å². The van der Waals surface area contributed by atoms with E-state index in [0.29, 0.717) is 28.3 Å². The Labute approximate surface area is 155 Å². The number of ether oxygens (including phenoxy) is 2. The number of carbonyl (C=O) groups excluding carboxylic acids is 1. The molecular weight excluding hydrogens is 342 g/mol. The lowest BCUT2D eigenvalue weighted by Crippen LogP contribution is -2.04. The fourth-order valence-electron chi connectivity index (χ4n) is 3.09. The Kier molecular flexibility index (Phi) is 4.30. The van der Waals surface area contributed by atoms with Gasteiger partial charge < -0.3 is 14.5 Å². The summed E-state index contributed by atoms with van der Waals surface area (Å²) in [5.41, 5.74) is 3.43. The van der Waals surface area contributed by atoms with Gasteiger partial charge >= 0.3 is 0 Å². The third kappa shape index (κ3) is 2.91. The summed E-state index contributed by atoms with van der Waals surface area (Å²) in [5.74, 6) is 0.759. The summed E-state index contributed by atoms with van der Waals surface area (Å²) in [4.78, 5) is 24.9. The minimum atomic E-state index is -0.165. The molecule has 27 heavy (non-hydrogen) atoms. The number of nitrogens with one attached hydrogen (secondary N) is 1. The first-order chi connectivity index (χ1) is 13.2. The van der Waals surface area contributed by atoms with Crippen molar-refractivity contribution in [3.63, 3.8) is 0 Å². The van der Waals surface area contributed by atoms with E-state index in [4.69, 9.17) is 9.47 Å². The molecule has 1 N–H and O–H groups in total. The molecule has 0 aliphatic heterocycles. The van der Waals surface area contributed by atoms with Gasteiger partial charge in [0.05, 0.1) is 19.8 Å². The average molecular weight is 359 g/mol. The van der Waals surface area contributed by atoms with E-state index in [0.717, 1.165) is 16.5 Å². The van der Waals surface area contributed by atoms with Crippen LogP contribution in [0.25, 0.3) is 22.2 Å². The number of fused-ring (bicyclic) bond motifs is 1. The van der Waals surface area contributed by atoms with E-state index in [-0.39, 0.29) is 5.78 Å². The number of pyridine rings is 2. The van der Waals surface area contributed by atoms with Crippen LogP contribution in [-0.2, 0) is 0 Å². The Balaban J connectivity index is 1.84. The Bertz CT molecular complexity index is 1120. The summed E-state index contributed by atoms with van der Waals surface area (Å²) in [5, 5.41) is 0.742. The predicted octanol–water partition coefficient (Wildman–Crippen LogP) is 3.87. The second kappa shape index (κ2) is 6.92. The van der Waals surface area contributed by atoms with Crippen LogP contribution in [0, 0.1) is 0 Å². The summed E-state index contributed by atoms with van der Waals surface area (Å²) in [6, 6.07) is 11.0. The molecular formula is C21H17N3O3. The largest absolute Gasteiger partial charge is 0.493 e. The smallest absolute Gasteiger partial charge is 0.199 e. The van der Waals surface area contributed by atoms with Gasteiger partial charge in [0.2, 0.25) is 0 Å². The van der Waals surface area contributed by atoms with Crippen LogP contribution in [0.3, 0.4) is 0 Å². The van der Waals surface area contributed by atoms with E-state index < -0.39 is 0 Å². The van der Waals surface area contributed by atoms with Crippen molar-refractivity contribution in [3.8, 4) is 22.6 Å². The van der Waals surface area contributed by atoms with Crippen molar-refractivity contribution in [1.29, 1.82) is 0 Å².